The van der Waals surface area contributed by atoms with E-state index in [2.05, 4.69) is 66.4 Å². The average molecular weight is 393 g/mol. The minimum absolute atomic E-state index is 0.244. The summed E-state index contributed by atoms with van der Waals surface area (Å²) in [7, 11) is 0. The third-order valence-corrected chi connectivity index (χ3v) is 5.72. The van der Waals surface area contributed by atoms with E-state index in [0.717, 1.165) is 47.8 Å². The summed E-state index contributed by atoms with van der Waals surface area (Å²) in [6.07, 6.45) is 7.48. The molecule has 0 bridgehead atoms. The van der Waals surface area contributed by atoms with E-state index in [0.29, 0.717) is 12.1 Å². The Kier molecular flexibility index (Phi) is 7.08. The van der Waals surface area contributed by atoms with E-state index in [1.54, 1.807) is 0 Å². The summed E-state index contributed by atoms with van der Waals surface area (Å²) >= 11 is 5.70. The molecular formula is C24H28N2OS. The van der Waals surface area contributed by atoms with Crippen molar-refractivity contribution in [2.75, 3.05) is 19.7 Å². The molecular weight excluding hydrogens is 364 g/mol. The minimum Gasteiger partial charge on any atom is -0.480 e. The Bertz CT molecular complexity index is 835. The molecule has 1 atom stereocenters. The van der Waals surface area contributed by atoms with Gasteiger partial charge in [-0.3, -0.25) is 4.90 Å². The molecule has 1 heterocycles. The standard InChI is InChI=1S/C24H28N2OS/c1-4-16-27-23-11-10-18(2)17-22(23)24(28)25-21-12-14-26(15-13-21)19(3)20-8-6-5-7-9-20/h1,5-11,17,19,21H,12-16H2,2-3H3,(H,25,28). The van der Waals surface area contributed by atoms with Crippen LogP contribution in [0.5, 0.6) is 5.75 Å². The summed E-state index contributed by atoms with van der Waals surface area (Å²) in [6.45, 7) is 6.71. The highest BCUT2D eigenvalue weighted by Crippen LogP contribution is 2.25. The highest BCUT2D eigenvalue weighted by Gasteiger charge is 2.24. The molecule has 3 nitrogen and oxygen atoms in total. The van der Waals surface area contributed by atoms with Gasteiger partial charge in [0, 0.05) is 25.2 Å². The van der Waals surface area contributed by atoms with Gasteiger partial charge in [-0.2, -0.15) is 0 Å². The summed E-state index contributed by atoms with van der Waals surface area (Å²) in [6, 6.07) is 17.6. The first-order valence-corrected chi connectivity index (χ1v) is 10.3. The molecule has 0 saturated carbocycles. The monoisotopic (exact) mass is 392 g/mol. The number of rotatable bonds is 6. The summed E-state index contributed by atoms with van der Waals surface area (Å²) in [4.78, 5) is 3.29. The van der Waals surface area contributed by atoms with E-state index in [-0.39, 0.29) is 6.61 Å². The maximum atomic E-state index is 5.70. The minimum atomic E-state index is 0.244. The molecule has 146 valence electrons. The fourth-order valence-electron chi connectivity index (χ4n) is 3.70. The van der Waals surface area contributed by atoms with Crippen LogP contribution in [0.4, 0.5) is 0 Å². The summed E-state index contributed by atoms with van der Waals surface area (Å²) in [5, 5.41) is 3.55. The molecule has 1 unspecified atom stereocenters. The molecule has 28 heavy (non-hydrogen) atoms. The van der Waals surface area contributed by atoms with E-state index in [4.69, 9.17) is 23.4 Å². The van der Waals surface area contributed by atoms with Crippen LogP contribution in [0, 0.1) is 19.3 Å². The van der Waals surface area contributed by atoms with Crippen molar-refractivity contribution < 1.29 is 4.74 Å². The number of benzene rings is 2. The van der Waals surface area contributed by atoms with Gasteiger partial charge in [-0.1, -0.05) is 60.1 Å². The van der Waals surface area contributed by atoms with Crippen molar-refractivity contribution in [3.05, 3.63) is 65.2 Å². The fraction of sp³-hybridized carbons (Fsp3) is 0.375. The van der Waals surface area contributed by atoms with E-state index >= 15 is 0 Å². The van der Waals surface area contributed by atoms with Gasteiger partial charge >= 0.3 is 0 Å². The van der Waals surface area contributed by atoms with Crippen LogP contribution < -0.4 is 10.1 Å². The molecule has 1 aliphatic rings. The number of aryl methyl sites for hydroxylation is 1. The molecule has 3 rings (SSSR count). The number of ether oxygens (including phenoxy) is 1. The zero-order valence-corrected chi connectivity index (χ0v) is 17.5. The van der Waals surface area contributed by atoms with Crippen molar-refractivity contribution in [1.82, 2.24) is 10.2 Å². The van der Waals surface area contributed by atoms with Gasteiger partial charge in [-0.05, 0) is 44.4 Å². The molecule has 4 heteroatoms. The van der Waals surface area contributed by atoms with Crippen LogP contribution in [0.3, 0.4) is 0 Å². The van der Waals surface area contributed by atoms with Crippen molar-refractivity contribution in [1.29, 1.82) is 0 Å². The number of nitrogens with zero attached hydrogens (tertiary/aromatic N) is 1. The second-order valence-electron chi connectivity index (χ2n) is 7.36. The van der Waals surface area contributed by atoms with Crippen molar-refractivity contribution in [3.63, 3.8) is 0 Å². The normalized spacial score (nSPS) is 16.2. The van der Waals surface area contributed by atoms with Crippen LogP contribution in [0.2, 0.25) is 0 Å². The SMILES string of the molecule is C#CCOc1ccc(C)cc1C(=S)NC1CCN(C(C)c2ccccc2)CC1. The number of hydrogen-bond acceptors (Lipinski definition) is 3. The number of hydrogen-bond donors (Lipinski definition) is 1. The molecule has 2 aromatic carbocycles. The van der Waals surface area contributed by atoms with E-state index in [9.17, 15) is 0 Å². The molecule has 1 aliphatic heterocycles. The Labute approximate surface area is 174 Å². The Balaban J connectivity index is 1.58. The Morgan fingerprint density at radius 1 is 1.25 bits per heavy atom. The van der Waals surface area contributed by atoms with Gasteiger partial charge in [0.2, 0.25) is 0 Å². The highest BCUT2D eigenvalue weighted by atomic mass is 32.1. The molecule has 1 saturated heterocycles. The number of piperidine rings is 1. The second kappa shape index (κ2) is 9.73. The van der Waals surface area contributed by atoms with Crippen molar-refractivity contribution in [2.45, 2.75) is 38.8 Å². The molecule has 0 radical (unpaired) electrons. The maximum absolute atomic E-state index is 5.70. The topological polar surface area (TPSA) is 24.5 Å². The summed E-state index contributed by atoms with van der Waals surface area (Å²) < 4.78 is 5.68. The predicted octanol–water partition coefficient (Wildman–Crippen LogP) is 4.50. The summed E-state index contributed by atoms with van der Waals surface area (Å²) in [5.41, 5.74) is 3.45. The quantitative estimate of drug-likeness (QED) is 0.578. The molecule has 0 amide bonds. The molecule has 0 spiro atoms. The fourth-order valence-corrected chi connectivity index (χ4v) is 4.03. The number of nitrogens with one attached hydrogen (secondary N) is 1. The molecule has 1 fully saturated rings. The lowest BCUT2D eigenvalue weighted by atomic mass is 10.00. The Hall–Kier alpha value is -2.35. The third-order valence-electron chi connectivity index (χ3n) is 5.39. The van der Waals surface area contributed by atoms with Crippen LogP contribution in [-0.2, 0) is 0 Å². The summed E-state index contributed by atoms with van der Waals surface area (Å²) in [5.74, 6) is 3.26. The molecule has 0 aromatic heterocycles. The van der Waals surface area contributed by atoms with Gasteiger partial charge in [0.1, 0.15) is 17.3 Å². The largest absolute Gasteiger partial charge is 0.480 e. The first-order valence-electron chi connectivity index (χ1n) is 9.85. The lowest BCUT2D eigenvalue weighted by Crippen LogP contribution is -2.45. The van der Waals surface area contributed by atoms with Crippen molar-refractivity contribution >= 4 is 17.2 Å². The van der Waals surface area contributed by atoms with Gasteiger partial charge in [0.05, 0.1) is 5.56 Å². The molecule has 0 aliphatic carbocycles. The number of terminal acetylenes is 1. The van der Waals surface area contributed by atoms with Gasteiger partial charge in [0.15, 0.2) is 0 Å². The van der Waals surface area contributed by atoms with Gasteiger partial charge < -0.3 is 10.1 Å². The number of likely N-dealkylation sites (tertiary alicyclic amines) is 1. The van der Waals surface area contributed by atoms with Gasteiger partial charge in [-0.25, -0.2) is 0 Å². The van der Waals surface area contributed by atoms with E-state index < -0.39 is 0 Å². The van der Waals surface area contributed by atoms with Gasteiger partial charge in [-0.15, -0.1) is 6.42 Å². The predicted molar refractivity (Wildman–Crippen MR) is 120 cm³/mol. The lowest BCUT2D eigenvalue weighted by molar-refractivity contribution is 0.158. The van der Waals surface area contributed by atoms with E-state index in [1.165, 1.54) is 5.56 Å². The average Bonchev–Trinajstić information content (AvgIpc) is 2.73. The maximum Gasteiger partial charge on any atom is 0.148 e. The van der Waals surface area contributed by atoms with E-state index in [1.807, 2.05) is 12.1 Å². The van der Waals surface area contributed by atoms with Crippen molar-refractivity contribution in [2.24, 2.45) is 0 Å². The van der Waals surface area contributed by atoms with Crippen LogP contribution in [-0.4, -0.2) is 35.6 Å². The number of thiocarbonyl (C=S) groups is 1. The third kappa shape index (κ3) is 5.13. The zero-order valence-electron chi connectivity index (χ0n) is 16.7. The van der Waals surface area contributed by atoms with Crippen LogP contribution in [0.15, 0.2) is 48.5 Å². The smallest absolute Gasteiger partial charge is 0.148 e. The highest BCUT2D eigenvalue weighted by molar-refractivity contribution is 7.80. The Morgan fingerprint density at radius 2 is 1.96 bits per heavy atom. The molecule has 1 N–H and O–H groups in total. The molecule has 2 aromatic rings. The lowest BCUT2D eigenvalue weighted by Gasteiger charge is -2.37. The van der Waals surface area contributed by atoms with Crippen molar-refractivity contribution in [3.8, 4) is 18.1 Å². The first kappa shape index (κ1) is 20.4. The van der Waals surface area contributed by atoms with Crippen LogP contribution >= 0.6 is 12.2 Å². The van der Waals surface area contributed by atoms with Gasteiger partial charge in [0.25, 0.3) is 0 Å². The second-order valence-corrected chi connectivity index (χ2v) is 7.77. The Morgan fingerprint density at radius 3 is 2.64 bits per heavy atom. The van der Waals surface area contributed by atoms with Crippen LogP contribution in [0.25, 0.3) is 0 Å². The first-order chi connectivity index (χ1) is 13.6. The van der Waals surface area contributed by atoms with Crippen LogP contribution in [0.1, 0.15) is 42.5 Å². The zero-order chi connectivity index (χ0) is 19.9.